The van der Waals surface area contributed by atoms with Gasteiger partial charge >= 0.3 is 6.09 Å². The summed E-state index contributed by atoms with van der Waals surface area (Å²) in [6.45, 7) is 14.0. The molecule has 3 unspecified atom stereocenters. The van der Waals surface area contributed by atoms with E-state index in [-0.39, 0.29) is 18.1 Å². The fourth-order valence-electron chi connectivity index (χ4n) is 4.49. The van der Waals surface area contributed by atoms with Crippen molar-refractivity contribution in [3.05, 3.63) is 29.8 Å². The van der Waals surface area contributed by atoms with Crippen molar-refractivity contribution in [2.24, 2.45) is 17.3 Å². The Morgan fingerprint density at radius 3 is 2.29 bits per heavy atom. The molecule has 31 heavy (non-hydrogen) atoms. The Morgan fingerprint density at radius 2 is 1.77 bits per heavy atom. The lowest BCUT2D eigenvalue weighted by Gasteiger charge is -2.55. The van der Waals surface area contributed by atoms with Crippen LogP contribution in [0.15, 0.2) is 24.3 Å². The molecule has 2 saturated heterocycles. The van der Waals surface area contributed by atoms with Gasteiger partial charge in [0.15, 0.2) is 0 Å². The zero-order valence-corrected chi connectivity index (χ0v) is 19.3. The van der Waals surface area contributed by atoms with Gasteiger partial charge in [-0.15, -0.1) is 0 Å². The summed E-state index contributed by atoms with van der Waals surface area (Å²) in [5.74, 6) is 1.28. The minimum atomic E-state index is -0.612. The van der Waals surface area contributed by atoms with Crippen LogP contribution in [0.1, 0.15) is 40.2 Å². The van der Waals surface area contributed by atoms with E-state index in [1.165, 1.54) is 0 Å². The molecule has 0 aromatic heterocycles. The summed E-state index contributed by atoms with van der Waals surface area (Å²) in [4.78, 5) is 16.7. The molecule has 170 valence electrons. The highest BCUT2D eigenvalue weighted by Crippen LogP contribution is 2.44. The van der Waals surface area contributed by atoms with Crippen LogP contribution in [-0.2, 0) is 4.74 Å². The molecule has 2 heterocycles. The van der Waals surface area contributed by atoms with Crippen molar-refractivity contribution in [2.75, 3.05) is 39.3 Å². The lowest BCUT2D eigenvalue weighted by Crippen LogP contribution is -2.63. The first-order valence-electron chi connectivity index (χ1n) is 11.0. The number of hydrogen-bond donors (Lipinski definition) is 1. The number of hydrogen-bond acceptors (Lipinski definition) is 6. The topological polar surface area (TPSA) is 86.0 Å². The zero-order valence-electron chi connectivity index (χ0n) is 19.3. The smallest absolute Gasteiger partial charge is 0.410 e. The van der Waals surface area contributed by atoms with Crippen LogP contribution in [0.4, 0.5) is 4.79 Å². The second-order valence-corrected chi connectivity index (χ2v) is 10.4. The molecule has 0 radical (unpaired) electrons. The van der Waals surface area contributed by atoms with E-state index in [2.05, 4.69) is 24.8 Å². The maximum absolute atomic E-state index is 12.6. The highest BCUT2D eigenvalue weighted by molar-refractivity contribution is 5.68. The van der Waals surface area contributed by atoms with Gasteiger partial charge in [-0.2, -0.15) is 5.26 Å². The number of carbonyl (C=O) groups excluding carboxylic acids is 1. The monoisotopic (exact) mass is 429 g/mol. The van der Waals surface area contributed by atoms with Crippen molar-refractivity contribution >= 4 is 6.09 Å². The fourth-order valence-corrected chi connectivity index (χ4v) is 4.49. The van der Waals surface area contributed by atoms with Crippen molar-refractivity contribution in [3.63, 3.8) is 0 Å². The maximum atomic E-state index is 12.6. The van der Waals surface area contributed by atoms with E-state index >= 15 is 0 Å². The summed E-state index contributed by atoms with van der Waals surface area (Å²) in [6, 6.07) is 8.96. The molecule has 2 aliphatic heterocycles. The van der Waals surface area contributed by atoms with Gasteiger partial charge in [-0.3, -0.25) is 4.90 Å². The number of fused-ring (bicyclic) bond motifs is 2. The largest absolute Gasteiger partial charge is 0.491 e. The minimum absolute atomic E-state index is 0.138. The molecule has 7 heteroatoms. The Morgan fingerprint density at radius 1 is 1.19 bits per heavy atom. The van der Waals surface area contributed by atoms with Crippen molar-refractivity contribution in [3.8, 4) is 11.8 Å². The third-order valence-electron chi connectivity index (χ3n) is 6.49. The van der Waals surface area contributed by atoms with Gasteiger partial charge in [-0.25, -0.2) is 4.79 Å². The van der Waals surface area contributed by atoms with Crippen molar-refractivity contribution in [2.45, 2.75) is 46.3 Å². The van der Waals surface area contributed by atoms with Crippen molar-refractivity contribution in [1.29, 1.82) is 5.26 Å². The first kappa shape index (κ1) is 23.4. The Kier molecular flexibility index (Phi) is 6.82. The SMILES string of the molecule is CC(C)(C)OC(=O)N1CC2CN(CC(O)COc3ccc(C#N)cc3)CC(C1)C2(C)C. The average Bonchev–Trinajstić information content (AvgIpc) is 2.66. The fraction of sp³-hybridized carbons (Fsp3) is 0.667. The third-order valence-corrected chi connectivity index (χ3v) is 6.49. The number of carbonyl (C=O) groups is 1. The second-order valence-electron chi connectivity index (χ2n) is 10.4. The number of aliphatic hydroxyl groups is 1. The molecular weight excluding hydrogens is 394 g/mol. The maximum Gasteiger partial charge on any atom is 0.410 e. The molecule has 2 bridgehead atoms. The molecule has 0 spiro atoms. The molecular formula is C24H35N3O4. The molecule has 3 rings (SSSR count). The van der Waals surface area contributed by atoms with Gasteiger partial charge in [0.2, 0.25) is 0 Å². The number of amides is 1. The number of β-amino-alcohol motifs (C(OH)–C–C–N with tert-alkyl or cyclic N) is 1. The average molecular weight is 430 g/mol. The number of benzene rings is 1. The van der Waals surface area contributed by atoms with E-state index in [0.717, 1.165) is 13.1 Å². The van der Waals surface area contributed by atoms with Crippen LogP contribution < -0.4 is 4.74 Å². The normalized spacial score (nSPS) is 24.2. The predicted molar refractivity (Wildman–Crippen MR) is 118 cm³/mol. The van der Waals surface area contributed by atoms with Crippen LogP contribution in [-0.4, -0.2) is 72.0 Å². The summed E-state index contributed by atoms with van der Waals surface area (Å²) < 4.78 is 11.3. The van der Waals surface area contributed by atoms with Gasteiger partial charge in [0.25, 0.3) is 0 Å². The zero-order chi connectivity index (χ0) is 22.8. The number of likely N-dealkylation sites (tertiary alicyclic amines) is 2. The van der Waals surface area contributed by atoms with Gasteiger partial charge in [0.05, 0.1) is 11.6 Å². The van der Waals surface area contributed by atoms with E-state index in [0.29, 0.717) is 42.8 Å². The molecule has 2 aliphatic rings. The van der Waals surface area contributed by atoms with Gasteiger partial charge < -0.3 is 19.5 Å². The van der Waals surface area contributed by atoms with Crippen LogP contribution in [0.3, 0.4) is 0 Å². The van der Waals surface area contributed by atoms with E-state index in [1.54, 1.807) is 24.3 Å². The highest BCUT2D eigenvalue weighted by Gasteiger charge is 2.49. The molecule has 1 amide bonds. The van der Waals surface area contributed by atoms with Gasteiger partial charge in [0, 0.05) is 32.7 Å². The molecule has 1 N–H and O–H groups in total. The Bertz CT molecular complexity index is 792. The number of piperidine rings is 2. The standard InChI is InChI=1S/C24H35N3O4/c1-23(2,3)31-22(29)27-13-18-11-26(12-19(14-27)24(18,4)5)15-20(28)16-30-21-8-6-17(10-25)7-9-21/h6-9,18-20,28H,11-16H2,1-5H3. The highest BCUT2D eigenvalue weighted by atomic mass is 16.6. The first-order chi connectivity index (χ1) is 14.5. The first-order valence-corrected chi connectivity index (χ1v) is 11.0. The quantitative estimate of drug-likeness (QED) is 0.774. The second kappa shape index (κ2) is 9.05. The molecule has 0 aliphatic carbocycles. The van der Waals surface area contributed by atoms with Crippen LogP contribution in [0.2, 0.25) is 0 Å². The van der Waals surface area contributed by atoms with Crippen molar-refractivity contribution in [1.82, 2.24) is 9.80 Å². The van der Waals surface area contributed by atoms with Crippen LogP contribution in [0.5, 0.6) is 5.75 Å². The molecule has 7 nitrogen and oxygen atoms in total. The summed E-state index contributed by atoms with van der Waals surface area (Å²) >= 11 is 0. The predicted octanol–water partition coefficient (Wildman–Crippen LogP) is 3.12. The minimum Gasteiger partial charge on any atom is -0.491 e. The lowest BCUT2D eigenvalue weighted by molar-refractivity contribution is -0.0833. The summed E-state index contributed by atoms with van der Waals surface area (Å²) in [6.07, 6.45) is -0.846. The number of aliphatic hydroxyl groups excluding tert-OH is 1. The number of ether oxygens (including phenoxy) is 2. The Balaban J connectivity index is 1.53. The lowest BCUT2D eigenvalue weighted by atomic mass is 9.63. The summed E-state index contributed by atoms with van der Waals surface area (Å²) in [7, 11) is 0. The van der Waals surface area contributed by atoms with Gasteiger partial charge in [-0.05, 0) is 62.3 Å². The molecule has 1 aromatic rings. The Labute approximate surface area is 185 Å². The number of rotatable bonds is 5. The third kappa shape index (κ3) is 5.90. The van der Waals surface area contributed by atoms with Gasteiger partial charge in [-0.1, -0.05) is 13.8 Å². The molecule has 1 aromatic carbocycles. The molecule has 2 fully saturated rings. The number of nitriles is 1. The van der Waals surface area contributed by atoms with E-state index in [9.17, 15) is 9.90 Å². The summed E-state index contributed by atoms with van der Waals surface area (Å²) in [5.41, 5.74) is 0.221. The van der Waals surface area contributed by atoms with E-state index in [4.69, 9.17) is 14.7 Å². The van der Waals surface area contributed by atoms with Gasteiger partial charge in [0.1, 0.15) is 24.1 Å². The van der Waals surface area contributed by atoms with E-state index < -0.39 is 11.7 Å². The number of nitrogens with zero attached hydrogens (tertiary/aromatic N) is 3. The summed E-state index contributed by atoms with van der Waals surface area (Å²) in [5, 5.41) is 19.4. The van der Waals surface area contributed by atoms with Crippen LogP contribution in [0, 0.1) is 28.6 Å². The molecule has 0 saturated carbocycles. The Hall–Kier alpha value is -2.30. The van der Waals surface area contributed by atoms with Crippen LogP contribution in [0.25, 0.3) is 0 Å². The molecule has 3 atom stereocenters. The van der Waals surface area contributed by atoms with Crippen molar-refractivity contribution < 1.29 is 19.4 Å². The van der Waals surface area contributed by atoms with Crippen LogP contribution >= 0.6 is 0 Å². The van der Waals surface area contributed by atoms with E-state index in [1.807, 2.05) is 25.7 Å².